The number of fused-ring (bicyclic) bond motifs is 1. The minimum Gasteiger partial charge on any atom is -0.341 e. The largest absolute Gasteiger partial charge is 0.341 e. The molecule has 132 valence electrons. The van der Waals surface area contributed by atoms with E-state index >= 15 is 0 Å². The number of amides is 1. The first-order chi connectivity index (χ1) is 12.2. The Balaban J connectivity index is 1.46. The standard InChI is InChI=1S/C21H26N2O2/c24-19-8-13-23(18-7-3-2-6-17(18)19)16-20(25)22-14-11-21(12-15-22)9-4-1-5-10-21/h2-3,6-8,13H,1,4-5,9-12,14-16H2. The van der Waals surface area contributed by atoms with Crippen molar-refractivity contribution in [2.75, 3.05) is 13.1 Å². The maximum atomic E-state index is 12.8. The van der Waals surface area contributed by atoms with Crippen LogP contribution in [0.5, 0.6) is 0 Å². The highest BCUT2D eigenvalue weighted by Crippen LogP contribution is 2.44. The van der Waals surface area contributed by atoms with Crippen LogP contribution in [0, 0.1) is 5.41 Å². The Bertz CT molecular complexity index is 823. The zero-order chi connectivity index (χ0) is 17.3. The topological polar surface area (TPSA) is 42.3 Å². The molecule has 4 rings (SSSR count). The predicted molar refractivity (Wildman–Crippen MR) is 99.5 cm³/mol. The highest BCUT2D eigenvalue weighted by atomic mass is 16.2. The lowest BCUT2D eigenvalue weighted by Crippen LogP contribution is -2.45. The summed E-state index contributed by atoms with van der Waals surface area (Å²) in [6, 6.07) is 9.08. The first kappa shape index (κ1) is 16.4. The minimum atomic E-state index is 0.0107. The van der Waals surface area contributed by atoms with Gasteiger partial charge in [0.05, 0.1) is 5.52 Å². The molecule has 2 heterocycles. The van der Waals surface area contributed by atoms with Crippen LogP contribution in [0.15, 0.2) is 41.3 Å². The average Bonchev–Trinajstić information content (AvgIpc) is 2.65. The van der Waals surface area contributed by atoms with Crippen molar-refractivity contribution in [2.24, 2.45) is 5.41 Å². The molecule has 2 fully saturated rings. The number of benzene rings is 1. The van der Waals surface area contributed by atoms with Crippen molar-refractivity contribution >= 4 is 16.8 Å². The van der Waals surface area contributed by atoms with Crippen molar-refractivity contribution in [1.29, 1.82) is 0 Å². The van der Waals surface area contributed by atoms with E-state index in [0.29, 0.717) is 17.3 Å². The van der Waals surface area contributed by atoms with Crippen LogP contribution in [0.1, 0.15) is 44.9 Å². The molecule has 1 spiro atoms. The van der Waals surface area contributed by atoms with Gasteiger partial charge in [-0.1, -0.05) is 31.4 Å². The third-order valence-corrected chi connectivity index (χ3v) is 6.28. The number of likely N-dealkylation sites (tertiary alicyclic amines) is 1. The van der Waals surface area contributed by atoms with E-state index in [1.165, 1.54) is 32.1 Å². The fraction of sp³-hybridized carbons (Fsp3) is 0.524. The molecule has 1 saturated heterocycles. The molecule has 0 atom stereocenters. The van der Waals surface area contributed by atoms with Gasteiger partial charge >= 0.3 is 0 Å². The average molecular weight is 338 g/mol. The number of pyridine rings is 1. The predicted octanol–water partition coefficient (Wildman–Crippen LogP) is 3.57. The molecule has 1 amide bonds. The Kier molecular flexibility index (Phi) is 4.36. The highest BCUT2D eigenvalue weighted by Gasteiger charge is 2.36. The molecule has 1 saturated carbocycles. The molecule has 1 aromatic heterocycles. The van der Waals surface area contributed by atoms with Gasteiger partial charge in [0.1, 0.15) is 6.54 Å². The Morgan fingerprint density at radius 3 is 2.44 bits per heavy atom. The van der Waals surface area contributed by atoms with Crippen molar-refractivity contribution in [3.05, 3.63) is 46.8 Å². The van der Waals surface area contributed by atoms with Crippen LogP contribution >= 0.6 is 0 Å². The van der Waals surface area contributed by atoms with E-state index < -0.39 is 0 Å². The summed E-state index contributed by atoms with van der Waals surface area (Å²) >= 11 is 0. The number of hydrogen-bond donors (Lipinski definition) is 0. The van der Waals surface area contributed by atoms with E-state index in [1.54, 1.807) is 12.3 Å². The van der Waals surface area contributed by atoms with Crippen LogP contribution in [0.3, 0.4) is 0 Å². The van der Waals surface area contributed by atoms with Crippen molar-refractivity contribution < 1.29 is 4.79 Å². The summed E-state index contributed by atoms with van der Waals surface area (Å²) in [5, 5.41) is 0.678. The molecule has 4 heteroatoms. The number of aromatic nitrogens is 1. The van der Waals surface area contributed by atoms with Gasteiger partial charge in [-0.3, -0.25) is 9.59 Å². The van der Waals surface area contributed by atoms with Gasteiger partial charge in [0.2, 0.25) is 5.91 Å². The van der Waals surface area contributed by atoms with Gasteiger partial charge in [-0.15, -0.1) is 0 Å². The number of carbonyl (C=O) groups excluding carboxylic acids is 1. The fourth-order valence-corrected chi connectivity index (χ4v) is 4.68. The van der Waals surface area contributed by atoms with Crippen LogP contribution in [-0.2, 0) is 11.3 Å². The molecule has 1 aliphatic carbocycles. The molecule has 2 aromatic rings. The van der Waals surface area contributed by atoms with Gasteiger partial charge in [0.15, 0.2) is 5.43 Å². The van der Waals surface area contributed by atoms with Crippen LogP contribution < -0.4 is 5.43 Å². The van der Waals surface area contributed by atoms with Gasteiger partial charge in [-0.2, -0.15) is 0 Å². The third kappa shape index (κ3) is 3.22. The Morgan fingerprint density at radius 2 is 1.68 bits per heavy atom. The number of para-hydroxylation sites is 1. The van der Waals surface area contributed by atoms with Gasteiger partial charge < -0.3 is 9.47 Å². The second kappa shape index (κ2) is 6.66. The highest BCUT2D eigenvalue weighted by molar-refractivity contribution is 5.82. The minimum absolute atomic E-state index is 0.0107. The molecule has 1 aromatic carbocycles. The van der Waals surface area contributed by atoms with E-state index in [2.05, 4.69) is 0 Å². The van der Waals surface area contributed by atoms with Crippen LogP contribution in [0.25, 0.3) is 10.9 Å². The summed E-state index contributed by atoms with van der Waals surface area (Å²) in [6.07, 6.45) is 10.8. The molecule has 0 bridgehead atoms. The summed E-state index contributed by atoms with van der Waals surface area (Å²) < 4.78 is 1.91. The monoisotopic (exact) mass is 338 g/mol. The number of nitrogens with zero attached hydrogens (tertiary/aromatic N) is 2. The van der Waals surface area contributed by atoms with E-state index in [4.69, 9.17) is 0 Å². The lowest BCUT2D eigenvalue weighted by Gasteiger charge is -2.44. The van der Waals surface area contributed by atoms with Crippen molar-refractivity contribution in [1.82, 2.24) is 9.47 Å². The van der Waals surface area contributed by atoms with Crippen molar-refractivity contribution in [2.45, 2.75) is 51.5 Å². The van der Waals surface area contributed by atoms with Crippen LogP contribution in [0.4, 0.5) is 0 Å². The summed E-state index contributed by atoms with van der Waals surface area (Å²) in [5.74, 6) is 0.166. The molecule has 4 nitrogen and oxygen atoms in total. The van der Waals surface area contributed by atoms with E-state index in [9.17, 15) is 9.59 Å². The Hall–Kier alpha value is -2.10. The molecular formula is C21H26N2O2. The van der Waals surface area contributed by atoms with Gasteiger partial charge in [0, 0.05) is 30.7 Å². The first-order valence-corrected chi connectivity index (χ1v) is 9.53. The van der Waals surface area contributed by atoms with E-state index in [1.807, 2.05) is 33.7 Å². The summed E-state index contributed by atoms with van der Waals surface area (Å²) in [7, 11) is 0. The SMILES string of the molecule is O=C(Cn1ccc(=O)c2ccccc21)N1CCC2(CCCCC2)CC1. The maximum Gasteiger partial charge on any atom is 0.242 e. The van der Waals surface area contributed by atoms with Gasteiger partial charge in [-0.25, -0.2) is 0 Å². The smallest absolute Gasteiger partial charge is 0.242 e. The summed E-state index contributed by atoms with van der Waals surface area (Å²) in [5.41, 5.74) is 1.36. The number of carbonyl (C=O) groups is 1. The van der Waals surface area contributed by atoms with Gasteiger partial charge in [0.25, 0.3) is 0 Å². The number of hydrogen-bond acceptors (Lipinski definition) is 2. The third-order valence-electron chi connectivity index (χ3n) is 6.28. The molecule has 0 unspecified atom stereocenters. The second-order valence-corrected chi connectivity index (χ2v) is 7.77. The Labute approximate surface area is 148 Å². The maximum absolute atomic E-state index is 12.8. The summed E-state index contributed by atoms with van der Waals surface area (Å²) in [4.78, 5) is 26.8. The quantitative estimate of drug-likeness (QED) is 0.840. The number of piperidine rings is 1. The van der Waals surface area contributed by atoms with Crippen molar-refractivity contribution in [3.63, 3.8) is 0 Å². The van der Waals surface area contributed by atoms with E-state index in [0.717, 1.165) is 31.4 Å². The summed E-state index contributed by atoms with van der Waals surface area (Å²) in [6.45, 7) is 2.09. The molecular weight excluding hydrogens is 312 g/mol. The van der Waals surface area contributed by atoms with Crippen molar-refractivity contribution in [3.8, 4) is 0 Å². The molecule has 0 N–H and O–H groups in total. The van der Waals surface area contributed by atoms with E-state index in [-0.39, 0.29) is 11.3 Å². The molecule has 0 radical (unpaired) electrons. The van der Waals surface area contributed by atoms with Crippen LogP contribution in [0.2, 0.25) is 0 Å². The van der Waals surface area contributed by atoms with Crippen LogP contribution in [-0.4, -0.2) is 28.5 Å². The Morgan fingerprint density at radius 1 is 0.960 bits per heavy atom. The zero-order valence-electron chi connectivity index (χ0n) is 14.7. The number of rotatable bonds is 2. The zero-order valence-corrected chi connectivity index (χ0v) is 14.7. The fourth-order valence-electron chi connectivity index (χ4n) is 4.68. The first-order valence-electron chi connectivity index (χ1n) is 9.53. The normalized spacial score (nSPS) is 20.1. The second-order valence-electron chi connectivity index (χ2n) is 7.77. The lowest BCUT2D eigenvalue weighted by molar-refractivity contribution is -0.134. The molecule has 25 heavy (non-hydrogen) atoms. The molecule has 2 aliphatic rings. The molecule has 1 aliphatic heterocycles. The van der Waals surface area contributed by atoms with Gasteiger partial charge in [-0.05, 0) is 43.2 Å². The lowest BCUT2D eigenvalue weighted by atomic mass is 9.68.